The number of allylic oxidation sites excluding steroid dienone is 1. The van der Waals surface area contributed by atoms with E-state index in [1.165, 1.54) is 18.2 Å². The Morgan fingerprint density at radius 1 is 1.12 bits per heavy atom. The SMILES string of the molecule is COc1ccc(/C=C/C(=O)c2ccc(O)cc2)cc1OCC(C)C. The van der Waals surface area contributed by atoms with Crippen molar-refractivity contribution in [1.29, 1.82) is 0 Å². The molecule has 0 amide bonds. The highest BCUT2D eigenvalue weighted by molar-refractivity contribution is 6.06. The van der Waals surface area contributed by atoms with E-state index in [0.29, 0.717) is 29.6 Å². The maximum Gasteiger partial charge on any atom is 0.185 e. The van der Waals surface area contributed by atoms with Crippen molar-refractivity contribution in [2.75, 3.05) is 13.7 Å². The molecule has 2 rings (SSSR count). The molecule has 24 heavy (non-hydrogen) atoms. The maximum absolute atomic E-state index is 12.1. The predicted molar refractivity (Wildman–Crippen MR) is 94.8 cm³/mol. The van der Waals surface area contributed by atoms with Crippen LogP contribution in [0.2, 0.25) is 0 Å². The van der Waals surface area contributed by atoms with Gasteiger partial charge in [0.25, 0.3) is 0 Å². The molecule has 0 atom stereocenters. The van der Waals surface area contributed by atoms with E-state index < -0.39 is 0 Å². The summed E-state index contributed by atoms with van der Waals surface area (Å²) in [5.41, 5.74) is 1.37. The molecular weight excluding hydrogens is 304 g/mol. The first kappa shape index (κ1) is 17.6. The predicted octanol–water partition coefficient (Wildman–Crippen LogP) is 4.33. The second-order valence-electron chi connectivity index (χ2n) is 5.86. The number of benzene rings is 2. The topological polar surface area (TPSA) is 55.8 Å². The molecule has 2 aromatic rings. The van der Waals surface area contributed by atoms with Gasteiger partial charge in [0.2, 0.25) is 0 Å². The molecule has 1 N–H and O–H groups in total. The van der Waals surface area contributed by atoms with Gasteiger partial charge in [-0.3, -0.25) is 4.79 Å². The normalized spacial score (nSPS) is 11.0. The van der Waals surface area contributed by atoms with Crippen molar-refractivity contribution >= 4 is 11.9 Å². The van der Waals surface area contributed by atoms with E-state index in [-0.39, 0.29) is 11.5 Å². The van der Waals surface area contributed by atoms with E-state index in [1.54, 1.807) is 25.3 Å². The molecule has 0 spiro atoms. The third-order valence-corrected chi connectivity index (χ3v) is 3.34. The molecule has 0 unspecified atom stereocenters. The van der Waals surface area contributed by atoms with Crippen LogP contribution in [0.25, 0.3) is 6.08 Å². The van der Waals surface area contributed by atoms with E-state index in [4.69, 9.17) is 9.47 Å². The van der Waals surface area contributed by atoms with Gasteiger partial charge in [0.1, 0.15) is 5.75 Å². The first-order valence-electron chi connectivity index (χ1n) is 7.82. The summed E-state index contributed by atoms with van der Waals surface area (Å²) >= 11 is 0. The lowest BCUT2D eigenvalue weighted by Crippen LogP contribution is -2.05. The summed E-state index contributed by atoms with van der Waals surface area (Å²) < 4.78 is 11.1. The second-order valence-corrected chi connectivity index (χ2v) is 5.86. The summed E-state index contributed by atoms with van der Waals surface area (Å²) in [5.74, 6) is 1.74. The number of methoxy groups -OCH3 is 1. The average molecular weight is 326 g/mol. The summed E-state index contributed by atoms with van der Waals surface area (Å²) in [6, 6.07) is 11.7. The van der Waals surface area contributed by atoms with Crippen molar-refractivity contribution in [1.82, 2.24) is 0 Å². The zero-order valence-electron chi connectivity index (χ0n) is 14.2. The van der Waals surface area contributed by atoms with Crippen LogP contribution in [-0.2, 0) is 0 Å². The lowest BCUT2D eigenvalue weighted by molar-refractivity contribution is 0.104. The molecule has 0 aromatic heterocycles. The van der Waals surface area contributed by atoms with Crippen molar-refractivity contribution in [2.24, 2.45) is 5.92 Å². The molecule has 126 valence electrons. The Hall–Kier alpha value is -2.75. The zero-order valence-corrected chi connectivity index (χ0v) is 14.2. The Morgan fingerprint density at radius 2 is 1.83 bits per heavy atom. The maximum atomic E-state index is 12.1. The van der Waals surface area contributed by atoms with Gasteiger partial charge in [-0.05, 0) is 54.0 Å². The molecule has 0 bridgehead atoms. The molecule has 0 aliphatic rings. The summed E-state index contributed by atoms with van der Waals surface area (Å²) in [6.45, 7) is 4.75. The number of hydrogen-bond acceptors (Lipinski definition) is 4. The molecule has 0 aliphatic carbocycles. The molecule has 0 aliphatic heterocycles. The number of carbonyl (C=O) groups excluding carboxylic acids is 1. The largest absolute Gasteiger partial charge is 0.508 e. The molecule has 0 saturated carbocycles. The zero-order chi connectivity index (χ0) is 17.5. The Labute approximate surface area is 142 Å². The van der Waals surface area contributed by atoms with Crippen molar-refractivity contribution in [3.8, 4) is 17.2 Å². The highest BCUT2D eigenvalue weighted by Gasteiger charge is 2.07. The smallest absolute Gasteiger partial charge is 0.185 e. The minimum Gasteiger partial charge on any atom is -0.508 e. The number of ether oxygens (including phenoxy) is 2. The minimum atomic E-state index is -0.129. The van der Waals surface area contributed by atoms with Gasteiger partial charge in [-0.2, -0.15) is 0 Å². The lowest BCUT2D eigenvalue weighted by Gasteiger charge is -2.13. The number of aromatic hydroxyl groups is 1. The van der Waals surface area contributed by atoms with Crippen LogP contribution in [0, 0.1) is 5.92 Å². The summed E-state index contributed by atoms with van der Waals surface area (Å²) in [5, 5.41) is 9.26. The quantitative estimate of drug-likeness (QED) is 0.608. The first-order chi connectivity index (χ1) is 11.5. The van der Waals surface area contributed by atoms with Crippen LogP contribution < -0.4 is 9.47 Å². The lowest BCUT2D eigenvalue weighted by atomic mass is 10.1. The highest BCUT2D eigenvalue weighted by Crippen LogP contribution is 2.29. The van der Waals surface area contributed by atoms with Crippen LogP contribution in [0.15, 0.2) is 48.5 Å². The van der Waals surface area contributed by atoms with Crippen LogP contribution in [0.5, 0.6) is 17.2 Å². The Bertz CT molecular complexity index is 715. The van der Waals surface area contributed by atoms with E-state index in [0.717, 1.165) is 5.56 Å². The van der Waals surface area contributed by atoms with Crippen LogP contribution >= 0.6 is 0 Å². The standard InChI is InChI=1S/C20H22O4/c1-14(2)13-24-20-12-15(5-11-19(20)23-3)4-10-18(22)16-6-8-17(21)9-7-16/h4-12,14,21H,13H2,1-3H3/b10-4+. The van der Waals surface area contributed by atoms with Gasteiger partial charge in [-0.15, -0.1) is 0 Å². The van der Waals surface area contributed by atoms with Gasteiger partial charge < -0.3 is 14.6 Å². The first-order valence-corrected chi connectivity index (χ1v) is 7.82. The molecule has 0 fully saturated rings. The number of hydrogen-bond donors (Lipinski definition) is 1. The summed E-state index contributed by atoms with van der Waals surface area (Å²) in [6.07, 6.45) is 3.23. The minimum absolute atomic E-state index is 0.129. The summed E-state index contributed by atoms with van der Waals surface area (Å²) in [7, 11) is 1.60. The molecule has 0 heterocycles. The van der Waals surface area contributed by atoms with Crippen molar-refractivity contribution < 1.29 is 19.4 Å². The number of phenolic OH excluding ortho intramolecular Hbond substituents is 1. The monoisotopic (exact) mass is 326 g/mol. The molecule has 4 heteroatoms. The van der Waals surface area contributed by atoms with Gasteiger partial charge in [-0.25, -0.2) is 0 Å². The highest BCUT2D eigenvalue weighted by atomic mass is 16.5. The van der Waals surface area contributed by atoms with Gasteiger partial charge in [0.05, 0.1) is 13.7 Å². The number of phenols is 1. The molecule has 4 nitrogen and oxygen atoms in total. The summed E-state index contributed by atoms with van der Waals surface area (Å²) in [4.78, 5) is 12.1. The molecular formula is C20H22O4. The fourth-order valence-electron chi connectivity index (χ4n) is 2.06. The van der Waals surface area contributed by atoms with Crippen LogP contribution in [0.3, 0.4) is 0 Å². The van der Waals surface area contributed by atoms with E-state index in [9.17, 15) is 9.90 Å². The van der Waals surface area contributed by atoms with Crippen molar-refractivity contribution in [2.45, 2.75) is 13.8 Å². The van der Waals surface area contributed by atoms with E-state index >= 15 is 0 Å². The second kappa shape index (κ2) is 8.20. The molecule has 0 saturated heterocycles. The Morgan fingerprint density at radius 3 is 2.46 bits per heavy atom. The molecule has 0 radical (unpaired) electrons. The third-order valence-electron chi connectivity index (χ3n) is 3.34. The van der Waals surface area contributed by atoms with Gasteiger partial charge in [0.15, 0.2) is 17.3 Å². The van der Waals surface area contributed by atoms with Crippen LogP contribution in [0.1, 0.15) is 29.8 Å². The van der Waals surface area contributed by atoms with Crippen LogP contribution in [0.4, 0.5) is 0 Å². The molecule has 2 aromatic carbocycles. The fraction of sp³-hybridized carbons (Fsp3) is 0.250. The van der Waals surface area contributed by atoms with E-state index in [1.807, 2.05) is 18.2 Å². The van der Waals surface area contributed by atoms with Crippen molar-refractivity contribution in [3.63, 3.8) is 0 Å². The van der Waals surface area contributed by atoms with Crippen LogP contribution in [-0.4, -0.2) is 24.6 Å². The van der Waals surface area contributed by atoms with E-state index in [2.05, 4.69) is 13.8 Å². The van der Waals surface area contributed by atoms with Gasteiger partial charge in [0, 0.05) is 5.56 Å². The number of ketones is 1. The Balaban J connectivity index is 2.14. The third kappa shape index (κ3) is 4.88. The fourth-order valence-corrected chi connectivity index (χ4v) is 2.06. The Kier molecular flexibility index (Phi) is 6.01. The van der Waals surface area contributed by atoms with Gasteiger partial charge in [-0.1, -0.05) is 26.0 Å². The number of carbonyl (C=O) groups is 1. The average Bonchev–Trinajstić information content (AvgIpc) is 2.58. The van der Waals surface area contributed by atoms with Gasteiger partial charge >= 0.3 is 0 Å². The van der Waals surface area contributed by atoms with Crippen molar-refractivity contribution in [3.05, 3.63) is 59.7 Å². The number of rotatable bonds is 7.